The fourth-order valence-electron chi connectivity index (χ4n) is 3.98. The molecule has 0 aliphatic rings. The molecule has 0 atom stereocenters. The van der Waals surface area contributed by atoms with Crippen LogP contribution in [0, 0.1) is 0 Å². The van der Waals surface area contributed by atoms with Crippen molar-refractivity contribution in [2.75, 3.05) is 0 Å². The Kier molecular flexibility index (Phi) is 4.82. The summed E-state index contributed by atoms with van der Waals surface area (Å²) in [4.78, 5) is 4.90. The molecule has 0 fully saturated rings. The van der Waals surface area contributed by atoms with Crippen LogP contribution in [-0.4, -0.2) is 9.38 Å². The van der Waals surface area contributed by atoms with E-state index in [1.165, 1.54) is 12.1 Å². The van der Waals surface area contributed by atoms with E-state index in [2.05, 4.69) is 15.9 Å². The van der Waals surface area contributed by atoms with Gasteiger partial charge in [-0.1, -0.05) is 70.5 Å². The summed E-state index contributed by atoms with van der Waals surface area (Å²) in [6.45, 7) is 0. The molecule has 5 rings (SSSR count). The van der Waals surface area contributed by atoms with Crippen LogP contribution < -0.4 is 0 Å². The molecule has 0 bridgehead atoms. The van der Waals surface area contributed by atoms with Crippen LogP contribution in [0.4, 0.5) is 13.2 Å². The average molecular weight is 481 g/mol. The number of alkyl halides is 3. The molecule has 2 nitrogen and oxygen atoms in total. The minimum atomic E-state index is -4.42. The molecule has 31 heavy (non-hydrogen) atoms. The molecule has 0 unspecified atom stereocenters. The number of hydrogen-bond donors (Lipinski definition) is 0. The molecule has 0 radical (unpaired) electrons. The van der Waals surface area contributed by atoms with Crippen LogP contribution in [0.25, 0.3) is 27.7 Å². The van der Waals surface area contributed by atoms with E-state index in [1.54, 1.807) is 6.07 Å². The number of nitrogens with zero attached hydrogens (tertiary/aromatic N) is 2. The first kappa shape index (κ1) is 19.8. The van der Waals surface area contributed by atoms with Gasteiger partial charge in [0.1, 0.15) is 5.65 Å². The Morgan fingerprint density at radius 2 is 1.65 bits per heavy atom. The molecule has 0 saturated heterocycles. The predicted molar refractivity (Wildman–Crippen MR) is 120 cm³/mol. The normalized spacial score (nSPS) is 12.0. The zero-order valence-electron chi connectivity index (χ0n) is 16.2. The van der Waals surface area contributed by atoms with Gasteiger partial charge in [-0.05, 0) is 35.2 Å². The van der Waals surface area contributed by atoms with Gasteiger partial charge in [0.05, 0.1) is 17.0 Å². The van der Waals surface area contributed by atoms with Crippen molar-refractivity contribution in [3.8, 4) is 11.3 Å². The Bertz CT molecular complexity index is 1420. The van der Waals surface area contributed by atoms with Crippen molar-refractivity contribution in [1.82, 2.24) is 9.38 Å². The highest BCUT2D eigenvalue weighted by molar-refractivity contribution is 9.10. The number of imidazole rings is 1. The summed E-state index contributed by atoms with van der Waals surface area (Å²) in [5.74, 6) is 0. The number of fused-ring (bicyclic) bond motifs is 3. The Morgan fingerprint density at radius 3 is 2.45 bits per heavy atom. The number of aromatic nitrogens is 2. The third-order valence-electron chi connectivity index (χ3n) is 5.39. The highest BCUT2D eigenvalue weighted by Gasteiger charge is 2.33. The summed E-state index contributed by atoms with van der Waals surface area (Å²) in [5, 5.41) is 1.99. The summed E-state index contributed by atoms with van der Waals surface area (Å²) >= 11 is 3.49. The van der Waals surface area contributed by atoms with Crippen LogP contribution in [-0.2, 0) is 12.6 Å². The van der Waals surface area contributed by atoms with Gasteiger partial charge in [-0.15, -0.1) is 0 Å². The second-order valence-electron chi connectivity index (χ2n) is 7.35. The first-order chi connectivity index (χ1) is 14.9. The van der Waals surface area contributed by atoms with Crippen LogP contribution in [0.2, 0.25) is 0 Å². The average Bonchev–Trinajstić information content (AvgIpc) is 3.12. The maximum absolute atomic E-state index is 13.6. The van der Waals surface area contributed by atoms with Gasteiger partial charge in [0.25, 0.3) is 0 Å². The van der Waals surface area contributed by atoms with Crippen molar-refractivity contribution < 1.29 is 13.2 Å². The molecule has 5 aromatic rings. The molecule has 2 aromatic heterocycles. The largest absolute Gasteiger partial charge is 0.416 e. The van der Waals surface area contributed by atoms with E-state index in [9.17, 15) is 13.2 Å². The van der Waals surface area contributed by atoms with Gasteiger partial charge in [-0.3, -0.25) is 0 Å². The molecule has 0 spiro atoms. The van der Waals surface area contributed by atoms with Gasteiger partial charge in [-0.25, -0.2) is 4.98 Å². The molecular weight excluding hydrogens is 465 g/mol. The van der Waals surface area contributed by atoms with Crippen molar-refractivity contribution in [2.45, 2.75) is 12.6 Å². The third kappa shape index (κ3) is 3.61. The molecule has 0 amide bonds. The molecule has 6 heteroatoms. The number of halogens is 4. The molecular formula is C25H16BrF3N2. The lowest BCUT2D eigenvalue weighted by molar-refractivity contribution is -0.138. The molecule has 0 saturated carbocycles. The van der Waals surface area contributed by atoms with E-state index in [4.69, 9.17) is 4.98 Å². The van der Waals surface area contributed by atoms with Crippen LogP contribution in [0.1, 0.15) is 16.8 Å². The predicted octanol–water partition coefficient (Wildman–Crippen LogP) is 7.53. The second kappa shape index (κ2) is 7.54. The lowest BCUT2D eigenvalue weighted by Crippen LogP contribution is -2.10. The molecule has 0 aliphatic carbocycles. The maximum Gasteiger partial charge on any atom is 0.416 e. The van der Waals surface area contributed by atoms with Gasteiger partial charge in [0, 0.05) is 28.0 Å². The Balaban J connectivity index is 1.79. The second-order valence-corrected chi connectivity index (χ2v) is 8.26. The zero-order chi connectivity index (χ0) is 21.6. The lowest BCUT2D eigenvalue weighted by Gasteiger charge is -2.13. The van der Waals surface area contributed by atoms with E-state index in [1.807, 2.05) is 65.2 Å². The Labute approximate surface area is 185 Å². The topological polar surface area (TPSA) is 17.3 Å². The van der Waals surface area contributed by atoms with Crippen molar-refractivity contribution in [3.63, 3.8) is 0 Å². The van der Waals surface area contributed by atoms with Crippen LogP contribution >= 0.6 is 15.9 Å². The van der Waals surface area contributed by atoms with Crippen LogP contribution in [0.3, 0.4) is 0 Å². The van der Waals surface area contributed by atoms with E-state index in [0.29, 0.717) is 5.69 Å². The van der Waals surface area contributed by atoms with Crippen LogP contribution in [0.5, 0.6) is 0 Å². The standard InChI is InChI=1S/C25H16BrF3N2/c26-19-9-5-8-18(14-19)23-22(15-17-7-2-4-11-21(17)25(27,28)29)31-13-12-16-6-1-3-10-20(16)24(31)30-23/h1-14H,15H2. The lowest BCUT2D eigenvalue weighted by atomic mass is 9.99. The third-order valence-corrected chi connectivity index (χ3v) is 5.89. The van der Waals surface area contributed by atoms with Crippen molar-refractivity contribution in [2.24, 2.45) is 0 Å². The Morgan fingerprint density at radius 1 is 0.871 bits per heavy atom. The minimum Gasteiger partial charge on any atom is -0.303 e. The zero-order valence-corrected chi connectivity index (χ0v) is 17.8. The van der Waals surface area contributed by atoms with Crippen LogP contribution in [0.15, 0.2) is 89.5 Å². The number of benzene rings is 3. The summed E-state index contributed by atoms with van der Waals surface area (Å²) in [6.07, 6.45) is -2.42. The SMILES string of the molecule is FC(F)(F)c1ccccc1Cc1c(-c2cccc(Br)c2)nc2c3ccccc3ccn12. The van der Waals surface area contributed by atoms with E-state index in [-0.39, 0.29) is 12.0 Å². The van der Waals surface area contributed by atoms with Crippen molar-refractivity contribution >= 4 is 32.3 Å². The van der Waals surface area contributed by atoms with E-state index in [0.717, 1.165) is 38.2 Å². The summed E-state index contributed by atoms with van der Waals surface area (Å²) in [6, 6.07) is 23.2. The first-order valence-corrected chi connectivity index (χ1v) is 10.5. The quantitative estimate of drug-likeness (QED) is 0.261. The van der Waals surface area contributed by atoms with Gasteiger partial charge in [0.15, 0.2) is 0 Å². The summed E-state index contributed by atoms with van der Waals surface area (Å²) in [7, 11) is 0. The fraction of sp³-hybridized carbons (Fsp3) is 0.0800. The number of pyridine rings is 1. The van der Waals surface area contributed by atoms with Gasteiger partial charge in [0.2, 0.25) is 0 Å². The van der Waals surface area contributed by atoms with Gasteiger partial charge in [-0.2, -0.15) is 13.2 Å². The minimum absolute atomic E-state index is 0.108. The van der Waals surface area contributed by atoms with Gasteiger partial charge >= 0.3 is 6.18 Å². The summed E-state index contributed by atoms with van der Waals surface area (Å²) < 4.78 is 43.7. The molecule has 154 valence electrons. The first-order valence-electron chi connectivity index (χ1n) is 9.71. The number of hydrogen-bond acceptors (Lipinski definition) is 1. The fourth-order valence-corrected chi connectivity index (χ4v) is 4.38. The highest BCUT2D eigenvalue weighted by Crippen LogP contribution is 2.36. The number of rotatable bonds is 3. The van der Waals surface area contributed by atoms with Crippen molar-refractivity contribution in [1.29, 1.82) is 0 Å². The molecule has 3 aromatic carbocycles. The highest BCUT2D eigenvalue weighted by atomic mass is 79.9. The smallest absolute Gasteiger partial charge is 0.303 e. The van der Waals surface area contributed by atoms with E-state index < -0.39 is 11.7 Å². The summed E-state index contributed by atoms with van der Waals surface area (Å²) in [5.41, 5.74) is 2.58. The molecule has 0 N–H and O–H groups in total. The van der Waals surface area contributed by atoms with Crippen molar-refractivity contribution in [3.05, 3.63) is 106 Å². The van der Waals surface area contributed by atoms with E-state index >= 15 is 0 Å². The molecule has 2 heterocycles. The molecule has 0 aliphatic heterocycles. The van der Waals surface area contributed by atoms with Gasteiger partial charge < -0.3 is 4.40 Å². The maximum atomic E-state index is 13.6. The Hall–Kier alpha value is -3.12. The monoisotopic (exact) mass is 480 g/mol.